The summed E-state index contributed by atoms with van der Waals surface area (Å²) in [5, 5.41) is 3.50. The maximum absolute atomic E-state index is 12.3. The van der Waals surface area contributed by atoms with E-state index in [9.17, 15) is 4.79 Å². The lowest BCUT2D eigenvalue weighted by molar-refractivity contribution is -0.203. The van der Waals surface area contributed by atoms with E-state index >= 15 is 0 Å². The minimum Gasteiger partial charge on any atom is -0.486 e. The fourth-order valence-corrected chi connectivity index (χ4v) is 7.72. The van der Waals surface area contributed by atoms with Crippen LogP contribution in [0, 0.1) is 22.7 Å². The number of nitrogens with one attached hydrogen (secondary N) is 1. The Morgan fingerprint density at radius 2 is 2.04 bits per heavy atom. The number of ether oxygens (including phenoxy) is 2. The molecule has 2 aliphatic carbocycles. The number of carbonyl (C=O) groups excluding carboxylic acids is 1. The summed E-state index contributed by atoms with van der Waals surface area (Å²) in [6, 6.07) is 1.99. The number of benzene rings is 1. The molecule has 0 bridgehead atoms. The van der Waals surface area contributed by atoms with Crippen LogP contribution in [0.25, 0.3) is 0 Å². The topological polar surface area (TPSA) is 50.9 Å². The van der Waals surface area contributed by atoms with Crippen molar-refractivity contribution in [1.29, 1.82) is 0 Å². The Morgan fingerprint density at radius 1 is 1.25 bits per heavy atom. The molecule has 1 amide bonds. The summed E-state index contributed by atoms with van der Waals surface area (Å²) >= 11 is 6.53. The van der Waals surface area contributed by atoms with Crippen LogP contribution in [-0.4, -0.2) is 23.7 Å². The molecule has 6 atom stereocenters. The molecule has 1 aromatic rings. The Hall–Kier alpha value is -1.26. The summed E-state index contributed by atoms with van der Waals surface area (Å²) in [5.41, 5.74) is 2.62. The van der Waals surface area contributed by atoms with Gasteiger partial charge in [0.25, 0.3) is 5.91 Å². The van der Waals surface area contributed by atoms with Gasteiger partial charge in [-0.15, -0.1) is 0 Å². The summed E-state index contributed by atoms with van der Waals surface area (Å²) in [6.07, 6.45) is 4.99. The second-order valence-electron chi connectivity index (χ2n) is 10.6. The van der Waals surface area contributed by atoms with Gasteiger partial charge in [0, 0.05) is 35.3 Å². The third-order valence-electron chi connectivity index (χ3n) is 9.13. The number of fused-ring (bicyclic) bond motifs is 4. The van der Waals surface area contributed by atoms with E-state index in [0.717, 1.165) is 29.7 Å². The number of hydrogen-bond acceptors (Lipinski definition) is 3. The SMILES string of the molecule is C[C@H]1CC[C@H]2C(C)(C)[C@H]3O[C@@H]3C[C@]23Oc2c(cc(Cl)c4c2CNC4=O)C[C@]13C. The molecule has 1 aromatic carbocycles. The van der Waals surface area contributed by atoms with Gasteiger partial charge < -0.3 is 14.8 Å². The van der Waals surface area contributed by atoms with E-state index in [-0.39, 0.29) is 22.3 Å². The maximum atomic E-state index is 12.3. The van der Waals surface area contributed by atoms with Crippen LogP contribution in [0.1, 0.15) is 68.4 Å². The van der Waals surface area contributed by atoms with Crippen molar-refractivity contribution in [1.82, 2.24) is 5.32 Å². The maximum Gasteiger partial charge on any atom is 0.253 e. The van der Waals surface area contributed by atoms with E-state index in [1.54, 1.807) is 0 Å². The summed E-state index contributed by atoms with van der Waals surface area (Å²) in [7, 11) is 0. The molecular formula is C23H28ClNO3. The fourth-order valence-electron chi connectivity index (χ4n) is 7.38. The Kier molecular flexibility index (Phi) is 3.18. The lowest BCUT2D eigenvalue weighted by Crippen LogP contribution is -2.69. The third kappa shape index (κ3) is 1.85. The number of halogens is 1. The monoisotopic (exact) mass is 401 g/mol. The highest BCUT2D eigenvalue weighted by Crippen LogP contribution is 2.69. The molecule has 3 fully saturated rings. The van der Waals surface area contributed by atoms with Gasteiger partial charge in [0.1, 0.15) is 11.4 Å². The van der Waals surface area contributed by atoms with E-state index in [0.29, 0.717) is 41.2 Å². The van der Waals surface area contributed by atoms with Crippen molar-refractivity contribution in [2.24, 2.45) is 22.7 Å². The summed E-state index contributed by atoms with van der Waals surface area (Å²) < 4.78 is 13.3. The molecule has 5 heteroatoms. The first kappa shape index (κ1) is 17.6. The van der Waals surface area contributed by atoms with E-state index in [1.807, 2.05) is 6.07 Å². The molecule has 1 N–H and O–H groups in total. The smallest absolute Gasteiger partial charge is 0.253 e. The molecule has 1 saturated heterocycles. The highest BCUT2D eigenvalue weighted by molar-refractivity contribution is 6.34. The Balaban J connectivity index is 1.58. The van der Waals surface area contributed by atoms with Crippen molar-refractivity contribution in [2.75, 3.05) is 0 Å². The number of carbonyl (C=O) groups is 1. The predicted molar refractivity (Wildman–Crippen MR) is 107 cm³/mol. The average Bonchev–Trinajstić information content (AvgIpc) is 3.30. The summed E-state index contributed by atoms with van der Waals surface area (Å²) in [6.45, 7) is 10.1. The van der Waals surface area contributed by atoms with Crippen molar-refractivity contribution in [3.63, 3.8) is 0 Å². The number of amides is 1. The predicted octanol–water partition coefficient (Wildman–Crippen LogP) is 4.51. The van der Waals surface area contributed by atoms with Gasteiger partial charge in [0.15, 0.2) is 0 Å². The van der Waals surface area contributed by atoms with Gasteiger partial charge in [-0.3, -0.25) is 4.79 Å². The zero-order valence-corrected chi connectivity index (χ0v) is 17.8. The lowest BCUT2D eigenvalue weighted by Gasteiger charge is -2.65. The minimum absolute atomic E-state index is 0.0325. The second-order valence-corrected chi connectivity index (χ2v) is 11.0. The molecule has 0 radical (unpaired) electrons. The molecule has 2 saturated carbocycles. The largest absolute Gasteiger partial charge is 0.486 e. The van der Waals surface area contributed by atoms with E-state index in [4.69, 9.17) is 21.1 Å². The van der Waals surface area contributed by atoms with E-state index in [2.05, 4.69) is 33.0 Å². The van der Waals surface area contributed by atoms with Crippen LogP contribution in [0.5, 0.6) is 5.75 Å². The quantitative estimate of drug-likeness (QED) is 0.651. The fraction of sp³-hybridized carbons (Fsp3) is 0.696. The Labute approximate surface area is 171 Å². The Morgan fingerprint density at radius 3 is 2.82 bits per heavy atom. The van der Waals surface area contributed by atoms with Crippen LogP contribution >= 0.6 is 11.6 Å². The number of hydrogen-bond donors (Lipinski definition) is 1. The first-order chi connectivity index (χ1) is 13.2. The summed E-state index contributed by atoms with van der Waals surface area (Å²) in [4.78, 5) is 12.3. The van der Waals surface area contributed by atoms with Crippen LogP contribution in [0.4, 0.5) is 0 Å². The third-order valence-corrected chi connectivity index (χ3v) is 9.42. The number of rotatable bonds is 0. The van der Waals surface area contributed by atoms with Gasteiger partial charge in [-0.1, -0.05) is 39.3 Å². The lowest BCUT2D eigenvalue weighted by atomic mass is 9.44. The zero-order chi connectivity index (χ0) is 19.6. The molecule has 5 aliphatic rings. The van der Waals surface area contributed by atoms with Gasteiger partial charge in [-0.2, -0.15) is 0 Å². The van der Waals surface area contributed by atoms with Crippen LogP contribution in [0.3, 0.4) is 0 Å². The average molecular weight is 402 g/mol. The molecule has 3 heterocycles. The van der Waals surface area contributed by atoms with Crippen LogP contribution < -0.4 is 10.1 Å². The van der Waals surface area contributed by atoms with Crippen molar-refractivity contribution in [3.8, 4) is 5.75 Å². The normalized spacial score (nSPS) is 44.2. The highest BCUT2D eigenvalue weighted by Gasteiger charge is 2.73. The molecule has 0 unspecified atom stereocenters. The molecular weight excluding hydrogens is 374 g/mol. The van der Waals surface area contributed by atoms with Gasteiger partial charge >= 0.3 is 0 Å². The van der Waals surface area contributed by atoms with E-state index in [1.165, 1.54) is 12.8 Å². The van der Waals surface area contributed by atoms with Gasteiger partial charge in [0.2, 0.25) is 0 Å². The molecule has 1 spiro atoms. The molecule has 150 valence electrons. The first-order valence-electron chi connectivity index (χ1n) is 10.7. The second kappa shape index (κ2) is 5.07. The van der Waals surface area contributed by atoms with Crippen molar-refractivity contribution < 1.29 is 14.3 Å². The van der Waals surface area contributed by atoms with Crippen molar-refractivity contribution in [3.05, 3.63) is 27.8 Å². The Bertz CT molecular complexity index is 927. The zero-order valence-electron chi connectivity index (χ0n) is 17.0. The molecule has 6 rings (SSSR count). The molecule has 3 aliphatic heterocycles. The molecule has 4 nitrogen and oxygen atoms in total. The van der Waals surface area contributed by atoms with Crippen LogP contribution in [0.15, 0.2) is 6.07 Å². The minimum atomic E-state index is -0.244. The molecule has 28 heavy (non-hydrogen) atoms. The van der Waals surface area contributed by atoms with Crippen molar-refractivity contribution in [2.45, 2.75) is 77.7 Å². The number of epoxide rings is 1. The molecule has 0 aromatic heterocycles. The van der Waals surface area contributed by atoms with Crippen LogP contribution in [-0.2, 0) is 17.7 Å². The van der Waals surface area contributed by atoms with Gasteiger partial charge in [-0.05, 0) is 36.8 Å². The van der Waals surface area contributed by atoms with Crippen molar-refractivity contribution >= 4 is 17.5 Å². The summed E-state index contributed by atoms with van der Waals surface area (Å²) in [5.74, 6) is 1.86. The first-order valence-corrected chi connectivity index (χ1v) is 11.0. The van der Waals surface area contributed by atoms with Gasteiger partial charge in [0.05, 0.1) is 22.8 Å². The standard InChI is InChI=1S/C23H28ClNO3/c1-11-5-6-16-21(2,3)19-15(27-19)9-23(16)22(11,4)8-12-7-14(24)17-13(18(12)28-23)10-25-20(17)26/h7,11,15-16,19H,5-6,8-10H2,1-4H3,(H,25,26)/t11-,15+,16-,19-,22+,23-/m0/s1. The van der Waals surface area contributed by atoms with Gasteiger partial charge in [-0.25, -0.2) is 0 Å². The van der Waals surface area contributed by atoms with Crippen LogP contribution in [0.2, 0.25) is 5.02 Å². The highest BCUT2D eigenvalue weighted by atomic mass is 35.5. The van der Waals surface area contributed by atoms with E-state index < -0.39 is 0 Å².